The van der Waals surface area contributed by atoms with Crippen molar-refractivity contribution in [2.24, 2.45) is 5.92 Å². The lowest BCUT2D eigenvalue weighted by Gasteiger charge is -2.20. The Labute approximate surface area is 185 Å². The van der Waals surface area contributed by atoms with Gasteiger partial charge in [0.15, 0.2) is 10.6 Å². The number of nitrogens with one attached hydrogen (secondary N) is 4. The van der Waals surface area contributed by atoms with Gasteiger partial charge < -0.3 is 10.6 Å². The maximum Gasteiger partial charge on any atom is 0.248 e. The van der Waals surface area contributed by atoms with Gasteiger partial charge in [0, 0.05) is 24.6 Å². The van der Waals surface area contributed by atoms with E-state index in [1.54, 1.807) is 16.8 Å². The molecule has 0 aliphatic rings. The van der Waals surface area contributed by atoms with Crippen LogP contribution in [0.15, 0.2) is 36.5 Å². The van der Waals surface area contributed by atoms with Gasteiger partial charge in [-0.3, -0.25) is 24.4 Å². The smallest absolute Gasteiger partial charge is 0.248 e. The second-order valence-corrected chi connectivity index (χ2v) is 8.22. The predicted octanol–water partition coefficient (Wildman–Crippen LogP) is 3.20. The van der Waals surface area contributed by atoms with E-state index in [9.17, 15) is 9.59 Å². The fourth-order valence-corrected chi connectivity index (χ4v) is 3.48. The minimum Gasteiger partial charge on any atom is -0.344 e. The Balaban J connectivity index is 1.66. The van der Waals surface area contributed by atoms with E-state index in [2.05, 4.69) is 31.0 Å². The van der Waals surface area contributed by atoms with E-state index in [-0.39, 0.29) is 24.2 Å². The first-order chi connectivity index (χ1) is 14.8. The molecule has 3 aromatic rings. The molecule has 2 heterocycles. The van der Waals surface area contributed by atoms with Gasteiger partial charge in [0.1, 0.15) is 11.9 Å². The van der Waals surface area contributed by atoms with Gasteiger partial charge in [0.25, 0.3) is 0 Å². The summed E-state index contributed by atoms with van der Waals surface area (Å²) in [6, 6.07) is 8.93. The minimum absolute atomic E-state index is 0.165. The number of carbonyl (C=O) groups is 2. The molecule has 2 aromatic heterocycles. The second kappa shape index (κ2) is 10.2. The van der Waals surface area contributed by atoms with Crippen LogP contribution in [0.4, 0.5) is 5.82 Å². The maximum atomic E-state index is 12.7. The maximum absolute atomic E-state index is 12.7. The molecule has 0 spiro atoms. The fraction of sp³-hybridized carbons (Fsp3) is 0.381. The van der Waals surface area contributed by atoms with Crippen LogP contribution in [-0.4, -0.2) is 42.8 Å². The topological polar surface area (TPSA) is 120 Å². The lowest BCUT2D eigenvalue weighted by molar-refractivity contribution is -0.127. The molecule has 3 rings (SSSR count). The Kier molecular flexibility index (Phi) is 7.35. The van der Waals surface area contributed by atoms with Crippen LogP contribution in [0, 0.1) is 17.6 Å². The Bertz CT molecular complexity index is 1090. The molecule has 2 amide bonds. The van der Waals surface area contributed by atoms with Gasteiger partial charge in [0.05, 0.1) is 6.20 Å². The summed E-state index contributed by atoms with van der Waals surface area (Å²) in [5, 5.41) is 19.2. The SMILES string of the molecule is Cc1cccc(-c2n[nH]c(=S)n2CCC(=O)NC(CC(C)C)C(=O)Nc2ccn[nH]2)c1. The minimum atomic E-state index is -0.649. The summed E-state index contributed by atoms with van der Waals surface area (Å²) >= 11 is 5.35. The number of aromatic amines is 2. The summed E-state index contributed by atoms with van der Waals surface area (Å²) in [6.07, 6.45) is 2.23. The average molecular weight is 442 g/mol. The number of nitrogens with zero attached hydrogens (tertiary/aromatic N) is 3. The molecule has 1 unspecified atom stereocenters. The quantitative estimate of drug-likeness (QED) is 0.380. The Morgan fingerprint density at radius 3 is 2.71 bits per heavy atom. The highest BCUT2D eigenvalue weighted by atomic mass is 32.1. The zero-order valence-electron chi connectivity index (χ0n) is 17.8. The van der Waals surface area contributed by atoms with Crippen LogP contribution >= 0.6 is 12.2 Å². The van der Waals surface area contributed by atoms with Crippen LogP contribution in [0.3, 0.4) is 0 Å². The molecule has 4 N–H and O–H groups in total. The summed E-state index contributed by atoms with van der Waals surface area (Å²) in [6.45, 7) is 6.36. The number of hydrogen-bond donors (Lipinski definition) is 4. The highest BCUT2D eigenvalue weighted by Gasteiger charge is 2.22. The normalized spacial score (nSPS) is 12.0. The molecule has 0 fully saturated rings. The number of anilines is 1. The lowest BCUT2D eigenvalue weighted by Crippen LogP contribution is -2.44. The van der Waals surface area contributed by atoms with Gasteiger partial charge in [-0.15, -0.1) is 0 Å². The van der Waals surface area contributed by atoms with Gasteiger partial charge in [0.2, 0.25) is 11.8 Å². The van der Waals surface area contributed by atoms with Crippen LogP contribution in [0.5, 0.6) is 0 Å². The number of aryl methyl sites for hydroxylation is 1. The molecule has 0 radical (unpaired) electrons. The van der Waals surface area contributed by atoms with Gasteiger partial charge >= 0.3 is 0 Å². The van der Waals surface area contributed by atoms with Gasteiger partial charge in [-0.05, 0) is 37.5 Å². The fourth-order valence-electron chi connectivity index (χ4n) is 3.26. The monoisotopic (exact) mass is 441 g/mol. The molecule has 1 aromatic carbocycles. The van der Waals surface area contributed by atoms with Crippen molar-refractivity contribution in [2.75, 3.05) is 5.32 Å². The molecule has 0 aliphatic carbocycles. The van der Waals surface area contributed by atoms with Crippen molar-refractivity contribution in [3.8, 4) is 11.4 Å². The predicted molar refractivity (Wildman–Crippen MR) is 121 cm³/mol. The molecular weight excluding hydrogens is 414 g/mol. The van der Waals surface area contributed by atoms with Crippen molar-refractivity contribution in [3.05, 3.63) is 46.9 Å². The summed E-state index contributed by atoms with van der Waals surface area (Å²) < 4.78 is 2.24. The molecule has 0 saturated carbocycles. The van der Waals surface area contributed by atoms with Crippen molar-refractivity contribution in [1.82, 2.24) is 30.3 Å². The van der Waals surface area contributed by atoms with E-state index in [1.807, 2.05) is 45.0 Å². The number of hydrogen-bond acceptors (Lipinski definition) is 5. The largest absolute Gasteiger partial charge is 0.344 e. The van der Waals surface area contributed by atoms with Crippen molar-refractivity contribution in [2.45, 2.75) is 46.2 Å². The third-order valence-electron chi connectivity index (χ3n) is 4.71. The zero-order valence-corrected chi connectivity index (χ0v) is 18.6. The van der Waals surface area contributed by atoms with Crippen LogP contribution in [0.2, 0.25) is 0 Å². The van der Waals surface area contributed by atoms with E-state index in [4.69, 9.17) is 12.2 Å². The van der Waals surface area contributed by atoms with E-state index in [0.717, 1.165) is 11.1 Å². The van der Waals surface area contributed by atoms with Gasteiger partial charge in [-0.25, -0.2) is 0 Å². The third kappa shape index (κ3) is 6.11. The highest BCUT2D eigenvalue weighted by Crippen LogP contribution is 2.19. The first kappa shape index (κ1) is 22.4. The molecule has 9 nitrogen and oxygen atoms in total. The van der Waals surface area contributed by atoms with Gasteiger partial charge in [-0.1, -0.05) is 37.6 Å². The summed E-state index contributed by atoms with van der Waals surface area (Å²) in [7, 11) is 0. The molecule has 0 aliphatic heterocycles. The molecule has 164 valence electrons. The standard InChI is InChI=1S/C21H27N7O2S/c1-13(2)11-16(20(30)24-17-7-9-22-25-17)23-18(29)8-10-28-19(26-27-21(28)31)15-6-4-5-14(3)12-15/h4-7,9,12-13,16H,8,10-11H2,1-3H3,(H,23,29)(H,27,31)(H2,22,24,25,30). The van der Waals surface area contributed by atoms with E-state index in [0.29, 0.717) is 29.4 Å². The van der Waals surface area contributed by atoms with E-state index in [1.165, 1.54) is 0 Å². The number of benzene rings is 1. The first-order valence-corrected chi connectivity index (χ1v) is 10.6. The first-order valence-electron chi connectivity index (χ1n) is 10.2. The molecule has 0 bridgehead atoms. The summed E-state index contributed by atoms with van der Waals surface area (Å²) in [4.78, 5) is 25.3. The molecule has 31 heavy (non-hydrogen) atoms. The highest BCUT2D eigenvalue weighted by molar-refractivity contribution is 7.71. The Morgan fingerprint density at radius 2 is 2.03 bits per heavy atom. The van der Waals surface area contributed by atoms with Crippen LogP contribution < -0.4 is 10.6 Å². The summed E-state index contributed by atoms with van der Waals surface area (Å²) in [5.41, 5.74) is 2.03. The van der Waals surface area contributed by atoms with Crippen molar-refractivity contribution in [1.29, 1.82) is 0 Å². The van der Waals surface area contributed by atoms with Crippen LogP contribution in [0.1, 0.15) is 32.3 Å². The molecular formula is C21H27N7O2S. The number of amides is 2. The van der Waals surface area contributed by atoms with Crippen molar-refractivity contribution in [3.63, 3.8) is 0 Å². The summed E-state index contributed by atoms with van der Waals surface area (Å²) in [5.74, 6) is 0.876. The number of rotatable bonds is 9. The van der Waals surface area contributed by atoms with Crippen molar-refractivity contribution >= 4 is 29.9 Å². The third-order valence-corrected chi connectivity index (χ3v) is 5.03. The number of H-pyrrole nitrogens is 2. The van der Waals surface area contributed by atoms with E-state index < -0.39 is 6.04 Å². The zero-order chi connectivity index (χ0) is 22.4. The number of aromatic nitrogens is 5. The molecule has 0 saturated heterocycles. The molecule has 10 heteroatoms. The van der Waals surface area contributed by atoms with Gasteiger partial charge in [-0.2, -0.15) is 10.2 Å². The second-order valence-electron chi connectivity index (χ2n) is 7.83. The Hall–Kier alpha value is -3.27. The molecule has 1 atom stereocenters. The number of carbonyl (C=O) groups excluding carboxylic acids is 2. The Morgan fingerprint density at radius 1 is 1.23 bits per heavy atom. The average Bonchev–Trinajstić information content (AvgIpc) is 3.35. The van der Waals surface area contributed by atoms with E-state index >= 15 is 0 Å². The van der Waals surface area contributed by atoms with Crippen LogP contribution in [0.25, 0.3) is 11.4 Å². The lowest BCUT2D eigenvalue weighted by atomic mass is 10.0. The van der Waals surface area contributed by atoms with Crippen LogP contribution in [-0.2, 0) is 16.1 Å². The van der Waals surface area contributed by atoms with Crippen molar-refractivity contribution < 1.29 is 9.59 Å².